The van der Waals surface area contributed by atoms with E-state index in [9.17, 15) is 0 Å². The Morgan fingerprint density at radius 3 is 2.75 bits per heavy atom. The van der Waals surface area contributed by atoms with Crippen molar-refractivity contribution < 1.29 is 0 Å². The molecule has 5 N–H and O–H groups in total. The Morgan fingerprint density at radius 2 is 2.05 bits per heavy atom. The molecule has 6 heteroatoms. The third-order valence-electron chi connectivity index (χ3n) is 3.52. The first-order valence-electron chi connectivity index (χ1n) is 6.28. The van der Waals surface area contributed by atoms with Gasteiger partial charge in [0.05, 0.1) is 12.2 Å². The van der Waals surface area contributed by atoms with Crippen molar-refractivity contribution in [3.05, 3.63) is 54.0 Å². The van der Waals surface area contributed by atoms with Crippen LogP contribution < -0.4 is 17.0 Å². The molecule has 1 aromatic carbocycles. The van der Waals surface area contributed by atoms with E-state index in [0.717, 1.165) is 21.9 Å². The van der Waals surface area contributed by atoms with E-state index in [0.29, 0.717) is 5.82 Å². The van der Waals surface area contributed by atoms with Gasteiger partial charge in [0, 0.05) is 30.4 Å². The van der Waals surface area contributed by atoms with Crippen molar-refractivity contribution in [3.8, 4) is 0 Å². The summed E-state index contributed by atoms with van der Waals surface area (Å²) in [5, 5.41) is 6.33. The third kappa shape index (κ3) is 1.91. The van der Waals surface area contributed by atoms with E-state index in [2.05, 4.69) is 15.5 Å². The van der Waals surface area contributed by atoms with Gasteiger partial charge in [-0.15, -0.1) is 0 Å². The van der Waals surface area contributed by atoms with Crippen LogP contribution in [-0.2, 0) is 7.05 Å². The number of hydrogen-bond acceptors (Lipinski definition) is 5. The van der Waals surface area contributed by atoms with Gasteiger partial charge in [0.2, 0.25) is 0 Å². The maximum atomic E-state index is 6.05. The number of rotatable bonds is 3. The maximum Gasteiger partial charge on any atom is 0.126 e. The average Bonchev–Trinajstić information content (AvgIpc) is 2.81. The molecule has 0 aliphatic heterocycles. The van der Waals surface area contributed by atoms with Crippen molar-refractivity contribution in [2.75, 3.05) is 5.73 Å². The molecule has 0 fully saturated rings. The van der Waals surface area contributed by atoms with E-state index >= 15 is 0 Å². The molecule has 3 rings (SSSR count). The fourth-order valence-electron chi connectivity index (χ4n) is 2.43. The van der Waals surface area contributed by atoms with Gasteiger partial charge in [0.1, 0.15) is 5.82 Å². The lowest BCUT2D eigenvalue weighted by Crippen LogP contribution is -2.29. The average molecular weight is 268 g/mol. The molecule has 0 radical (unpaired) electrons. The van der Waals surface area contributed by atoms with E-state index in [4.69, 9.17) is 11.6 Å². The highest BCUT2D eigenvalue weighted by atomic mass is 15.3. The fraction of sp³-hybridized carbons (Fsp3) is 0.143. The Morgan fingerprint density at radius 1 is 1.20 bits per heavy atom. The minimum atomic E-state index is -0.213. The molecule has 0 saturated carbocycles. The Bertz CT molecular complexity index is 743. The van der Waals surface area contributed by atoms with Gasteiger partial charge in [-0.2, -0.15) is 5.10 Å². The first-order chi connectivity index (χ1) is 9.72. The Hall–Kier alpha value is -2.44. The third-order valence-corrected chi connectivity index (χ3v) is 3.52. The number of nitrogens with zero attached hydrogens (tertiary/aromatic N) is 3. The predicted octanol–water partition coefficient (Wildman–Crippen LogP) is 1.10. The summed E-state index contributed by atoms with van der Waals surface area (Å²) in [4.78, 5) is 4.14. The topological polar surface area (TPSA) is 94.8 Å². The molecule has 0 spiro atoms. The van der Waals surface area contributed by atoms with Crippen LogP contribution in [0.5, 0.6) is 0 Å². The zero-order valence-corrected chi connectivity index (χ0v) is 11.1. The molecule has 2 aromatic heterocycles. The van der Waals surface area contributed by atoms with E-state index in [1.807, 2.05) is 30.5 Å². The lowest BCUT2D eigenvalue weighted by atomic mass is 9.96. The lowest BCUT2D eigenvalue weighted by Gasteiger charge is -2.18. The first kappa shape index (κ1) is 12.6. The van der Waals surface area contributed by atoms with Crippen LogP contribution in [0.4, 0.5) is 5.82 Å². The smallest absolute Gasteiger partial charge is 0.126 e. The van der Waals surface area contributed by atoms with Crippen molar-refractivity contribution >= 4 is 16.6 Å². The Labute approximate surface area is 116 Å². The normalized spacial score (nSPS) is 12.7. The molecule has 0 amide bonds. The number of anilines is 1. The van der Waals surface area contributed by atoms with E-state index in [1.165, 1.54) is 0 Å². The number of nitrogens with one attached hydrogen (secondary N) is 1. The molecule has 3 aromatic rings. The summed E-state index contributed by atoms with van der Waals surface area (Å²) in [5.41, 5.74) is 10.8. The summed E-state index contributed by atoms with van der Waals surface area (Å²) in [7, 11) is 1.80. The number of hydrogen-bond donors (Lipinski definition) is 3. The van der Waals surface area contributed by atoms with Gasteiger partial charge in [0.15, 0.2) is 0 Å². The number of fused-ring (bicyclic) bond motifs is 1. The minimum Gasteiger partial charge on any atom is -0.384 e. The van der Waals surface area contributed by atoms with Crippen LogP contribution in [0.3, 0.4) is 0 Å². The predicted molar refractivity (Wildman–Crippen MR) is 78.5 cm³/mol. The van der Waals surface area contributed by atoms with Crippen LogP contribution >= 0.6 is 0 Å². The van der Waals surface area contributed by atoms with Crippen molar-refractivity contribution in [2.24, 2.45) is 12.9 Å². The molecular formula is C14H16N6. The Kier molecular flexibility index (Phi) is 3.09. The van der Waals surface area contributed by atoms with Crippen molar-refractivity contribution in [1.82, 2.24) is 20.2 Å². The van der Waals surface area contributed by atoms with Crippen LogP contribution in [0.15, 0.2) is 42.9 Å². The summed E-state index contributed by atoms with van der Waals surface area (Å²) in [5.74, 6) is 6.34. The van der Waals surface area contributed by atoms with Gasteiger partial charge in [-0.05, 0) is 17.0 Å². The number of nitrogen functional groups attached to an aromatic ring is 1. The highest BCUT2D eigenvalue weighted by Gasteiger charge is 2.20. The van der Waals surface area contributed by atoms with Crippen molar-refractivity contribution in [3.63, 3.8) is 0 Å². The maximum absolute atomic E-state index is 6.05. The van der Waals surface area contributed by atoms with Crippen LogP contribution in [0.25, 0.3) is 10.8 Å². The van der Waals surface area contributed by atoms with Crippen LogP contribution in [0.2, 0.25) is 0 Å². The first-order valence-corrected chi connectivity index (χ1v) is 6.28. The molecule has 0 saturated heterocycles. The zero-order valence-electron chi connectivity index (χ0n) is 11.1. The largest absolute Gasteiger partial charge is 0.384 e. The zero-order chi connectivity index (χ0) is 14.1. The summed E-state index contributed by atoms with van der Waals surface area (Å²) >= 11 is 0. The number of aryl methyl sites for hydroxylation is 1. The molecule has 0 bridgehead atoms. The molecule has 1 unspecified atom stereocenters. The van der Waals surface area contributed by atoms with Crippen LogP contribution in [0.1, 0.15) is 17.2 Å². The second-order valence-corrected chi connectivity index (χ2v) is 4.65. The number of hydrazine groups is 1. The Balaban J connectivity index is 2.19. The highest BCUT2D eigenvalue weighted by Crippen LogP contribution is 2.30. The SMILES string of the molecule is Cn1ncc(C(NN)c2cccc3cnccc23)c1N. The van der Waals surface area contributed by atoms with Crippen LogP contribution in [-0.4, -0.2) is 14.8 Å². The molecule has 0 aliphatic rings. The summed E-state index contributed by atoms with van der Waals surface area (Å²) in [6, 6.07) is 7.79. The second-order valence-electron chi connectivity index (χ2n) is 4.65. The van der Waals surface area contributed by atoms with Gasteiger partial charge in [0.25, 0.3) is 0 Å². The van der Waals surface area contributed by atoms with Gasteiger partial charge < -0.3 is 5.73 Å². The van der Waals surface area contributed by atoms with Crippen molar-refractivity contribution in [1.29, 1.82) is 0 Å². The molecule has 20 heavy (non-hydrogen) atoms. The van der Waals surface area contributed by atoms with Gasteiger partial charge >= 0.3 is 0 Å². The van der Waals surface area contributed by atoms with Gasteiger partial charge in [-0.1, -0.05) is 18.2 Å². The number of pyridine rings is 1. The monoisotopic (exact) mass is 268 g/mol. The number of aromatic nitrogens is 3. The van der Waals surface area contributed by atoms with Gasteiger partial charge in [-0.3, -0.25) is 15.5 Å². The van der Waals surface area contributed by atoms with Gasteiger partial charge in [-0.25, -0.2) is 5.43 Å². The van der Waals surface area contributed by atoms with Crippen molar-refractivity contribution in [2.45, 2.75) is 6.04 Å². The van der Waals surface area contributed by atoms with E-state index < -0.39 is 0 Å². The summed E-state index contributed by atoms with van der Waals surface area (Å²) in [6.07, 6.45) is 5.34. The second kappa shape index (κ2) is 4.92. The fourth-order valence-corrected chi connectivity index (χ4v) is 2.43. The molecule has 2 heterocycles. The standard InChI is InChI=1S/C14H16N6/c1-20-14(15)12(8-18-20)13(19-16)11-4-2-3-9-7-17-6-5-10(9)11/h2-8,13,19H,15-16H2,1H3. The highest BCUT2D eigenvalue weighted by molar-refractivity contribution is 5.85. The quantitative estimate of drug-likeness (QED) is 0.488. The summed E-state index contributed by atoms with van der Waals surface area (Å²) in [6.45, 7) is 0. The number of benzene rings is 1. The molecule has 0 aliphatic carbocycles. The molecule has 1 atom stereocenters. The lowest BCUT2D eigenvalue weighted by molar-refractivity contribution is 0.642. The minimum absolute atomic E-state index is 0.213. The summed E-state index contributed by atoms with van der Waals surface area (Å²) < 4.78 is 1.63. The van der Waals surface area contributed by atoms with E-state index in [1.54, 1.807) is 24.1 Å². The molecule has 102 valence electrons. The number of nitrogens with two attached hydrogens (primary N) is 2. The molecular weight excluding hydrogens is 252 g/mol. The molecule has 6 nitrogen and oxygen atoms in total. The van der Waals surface area contributed by atoms with E-state index in [-0.39, 0.29) is 6.04 Å². The van der Waals surface area contributed by atoms with Crippen LogP contribution in [0, 0.1) is 0 Å².